The van der Waals surface area contributed by atoms with Crippen LogP contribution in [0.5, 0.6) is 11.5 Å². The fraction of sp³-hybridized carbons (Fsp3) is 0.130. The number of halogens is 2. The number of carbonyl (C=O) groups is 2. The van der Waals surface area contributed by atoms with E-state index < -0.39 is 17.7 Å². The highest BCUT2D eigenvalue weighted by Gasteiger charge is 2.47. The van der Waals surface area contributed by atoms with E-state index in [1.165, 1.54) is 42.6 Å². The molecule has 1 amide bonds. The number of anilines is 1. The number of carbonyl (C=O) groups excluding carboxylic acids is 2. The van der Waals surface area contributed by atoms with Crippen LogP contribution >= 0.6 is 38.9 Å². The fourth-order valence-corrected chi connectivity index (χ4v) is 5.07. The third-order valence-electron chi connectivity index (χ3n) is 5.07. The first-order valence-corrected chi connectivity index (χ1v) is 11.4. The van der Waals surface area contributed by atoms with Crippen molar-refractivity contribution in [2.45, 2.75) is 6.04 Å². The molecule has 1 fully saturated rings. The molecule has 1 unspecified atom stereocenters. The van der Waals surface area contributed by atoms with Crippen LogP contribution in [0, 0.1) is 0 Å². The summed E-state index contributed by atoms with van der Waals surface area (Å²) in [5.41, 5.74) is 0.683. The van der Waals surface area contributed by atoms with Gasteiger partial charge in [0.05, 0.1) is 30.4 Å². The van der Waals surface area contributed by atoms with E-state index in [9.17, 15) is 14.7 Å². The number of ether oxygens (including phenoxy) is 2. The Morgan fingerprint density at radius 3 is 2.47 bits per heavy atom. The van der Waals surface area contributed by atoms with Gasteiger partial charge in [0, 0.05) is 21.1 Å². The first-order chi connectivity index (χ1) is 15.4. The Morgan fingerprint density at radius 2 is 1.84 bits per heavy atom. The Balaban J connectivity index is 1.98. The van der Waals surface area contributed by atoms with Crippen molar-refractivity contribution in [2.75, 3.05) is 19.1 Å². The highest BCUT2D eigenvalue weighted by Crippen LogP contribution is 2.46. The van der Waals surface area contributed by atoms with Crippen molar-refractivity contribution >= 4 is 62.0 Å². The van der Waals surface area contributed by atoms with E-state index in [1.807, 2.05) is 23.6 Å². The number of hydrogen-bond donors (Lipinski definition) is 1. The molecular formula is C23H17BrClNO5S. The van der Waals surface area contributed by atoms with Crippen LogP contribution < -0.4 is 14.4 Å². The summed E-state index contributed by atoms with van der Waals surface area (Å²) in [6.07, 6.45) is 0. The zero-order valence-corrected chi connectivity index (χ0v) is 20.1. The number of methoxy groups -OCH3 is 2. The zero-order valence-electron chi connectivity index (χ0n) is 17.0. The molecule has 0 saturated carbocycles. The number of aliphatic hydroxyl groups is 1. The van der Waals surface area contributed by atoms with Crippen LogP contribution in [0.2, 0.25) is 5.02 Å². The number of hydrogen-bond acceptors (Lipinski definition) is 6. The molecule has 2 heterocycles. The van der Waals surface area contributed by atoms with E-state index in [1.54, 1.807) is 18.2 Å². The molecule has 3 aromatic rings. The second-order valence-electron chi connectivity index (χ2n) is 6.85. The summed E-state index contributed by atoms with van der Waals surface area (Å²) in [5, 5.41) is 13.4. The number of amides is 1. The van der Waals surface area contributed by atoms with Gasteiger partial charge in [0.1, 0.15) is 23.3 Å². The van der Waals surface area contributed by atoms with Gasteiger partial charge in [0.2, 0.25) is 0 Å². The fourth-order valence-electron chi connectivity index (χ4n) is 3.63. The van der Waals surface area contributed by atoms with Crippen LogP contribution in [0.25, 0.3) is 5.76 Å². The number of ketones is 1. The van der Waals surface area contributed by atoms with Gasteiger partial charge in [-0.3, -0.25) is 14.5 Å². The van der Waals surface area contributed by atoms with Crippen LogP contribution in [0.4, 0.5) is 5.69 Å². The number of nitrogens with zero attached hydrogens (tertiary/aromatic N) is 1. The molecule has 1 aliphatic rings. The summed E-state index contributed by atoms with van der Waals surface area (Å²) in [7, 11) is 2.86. The van der Waals surface area contributed by atoms with Crippen LogP contribution in [0.3, 0.4) is 0 Å². The predicted octanol–water partition coefficient (Wildman–Crippen LogP) is 5.81. The molecule has 9 heteroatoms. The van der Waals surface area contributed by atoms with Gasteiger partial charge in [-0.1, -0.05) is 39.7 Å². The average molecular weight is 535 g/mol. The number of aliphatic hydroxyl groups excluding tert-OH is 1. The number of thiophene rings is 1. The minimum Gasteiger partial charge on any atom is -0.507 e. The zero-order chi connectivity index (χ0) is 23.0. The van der Waals surface area contributed by atoms with Gasteiger partial charge in [-0.15, -0.1) is 11.3 Å². The highest BCUT2D eigenvalue weighted by molar-refractivity contribution is 9.10. The Kier molecular flexibility index (Phi) is 6.28. The summed E-state index contributed by atoms with van der Waals surface area (Å²) < 4.78 is 11.4. The summed E-state index contributed by atoms with van der Waals surface area (Å²) >= 11 is 11.0. The number of benzene rings is 2. The monoisotopic (exact) mass is 533 g/mol. The second-order valence-corrected chi connectivity index (χ2v) is 9.15. The maximum Gasteiger partial charge on any atom is 0.300 e. The molecule has 32 heavy (non-hydrogen) atoms. The van der Waals surface area contributed by atoms with E-state index >= 15 is 0 Å². The van der Waals surface area contributed by atoms with Crippen molar-refractivity contribution in [3.8, 4) is 11.5 Å². The SMILES string of the molecule is COc1cc(/C(O)=C2\C(=O)C(=O)N(c3cccc(Br)c3)C2c2cccs2)c(OC)cc1Cl. The molecule has 1 N–H and O–H groups in total. The first-order valence-electron chi connectivity index (χ1n) is 9.39. The van der Waals surface area contributed by atoms with E-state index in [-0.39, 0.29) is 27.7 Å². The van der Waals surface area contributed by atoms with E-state index in [0.29, 0.717) is 11.4 Å². The van der Waals surface area contributed by atoms with E-state index in [2.05, 4.69) is 15.9 Å². The Hall–Kier alpha value is -2.81. The lowest BCUT2D eigenvalue weighted by atomic mass is 9.99. The Bertz CT molecular complexity index is 1240. The number of Topliss-reactive ketones (excluding diaryl/α,β-unsaturated/α-hetero) is 1. The molecule has 1 aliphatic heterocycles. The lowest BCUT2D eigenvalue weighted by Gasteiger charge is -2.24. The number of rotatable bonds is 5. The third-order valence-corrected chi connectivity index (χ3v) is 6.79. The standard InChI is InChI=1S/C23H17BrClNO5S/c1-30-16-11-15(25)17(31-2)10-14(16)21(27)19-20(18-7-4-8-32-18)26(23(29)22(19)28)13-6-3-5-12(24)9-13/h3-11,20,27H,1-2H3/b21-19+. The molecule has 0 radical (unpaired) electrons. The van der Waals surface area contributed by atoms with Gasteiger partial charge < -0.3 is 14.6 Å². The normalized spacial score (nSPS) is 17.6. The summed E-state index contributed by atoms with van der Waals surface area (Å²) in [6, 6.07) is 12.9. The molecule has 1 saturated heterocycles. The van der Waals surface area contributed by atoms with Crippen LogP contribution in [-0.2, 0) is 9.59 Å². The van der Waals surface area contributed by atoms with Crippen molar-refractivity contribution in [3.63, 3.8) is 0 Å². The van der Waals surface area contributed by atoms with E-state index in [0.717, 1.165) is 9.35 Å². The van der Waals surface area contributed by atoms with Crippen molar-refractivity contribution in [1.29, 1.82) is 0 Å². The maximum atomic E-state index is 13.2. The minimum atomic E-state index is -0.810. The quantitative estimate of drug-likeness (QED) is 0.254. The molecule has 0 spiro atoms. The molecule has 6 nitrogen and oxygen atoms in total. The molecule has 164 valence electrons. The largest absolute Gasteiger partial charge is 0.507 e. The second kappa shape index (κ2) is 8.97. The Labute approximate surface area is 201 Å². The van der Waals surface area contributed by atoms with Gasteiger partial charge in [-0.2, -0.15) is 0 Å². The van der Waals surface area contributed by atoms with Gasteiger partial charge in [0.25, 0.3) is 11.7 Å². The van der Waals surface area contributed by atoms with Gasteiger partial charge in [-0.05, 0) is 35.7 Å². The molecular weight excluding hydrogens is 518 g/mol. The van der Waals surface area contributed by atoms with E-state index in [4.69, 9.17) is 21.1 Å². The molecule has 0 aliphatic carbocycles. The lowest BCUT2D eigenvalue weighted by molar-refractivity contribution is -0.132. The van der Waals surface area contributed by atoms with Gasteiger partial charge >= 0.3 is 0 Å². The molecule has 0 bridgehead atoms. The van der Waals surface area contributed by atoms with Gasteiger partial charge in [-0.25, -0.2) is 0 Å². The summed E-state index contributed by atoms with van der Waals surface area (Å²) in [4.78, 5) is 28.5. The van der Waals surface area contributed by atoms with Crippen LogP contribution in [0.1, 0.15) is 16.5 Å². The Morgan fingerprint density at radius 1 is 1.09 bits per heavy atom. The topological polar surface area (TPSA) is 76.1 Å². The van der Waals surface area contributed by atoms with Crippen molar-refractivity contribution in [2.24, 2.45) is 0 Å². The third kappa shape index (κ3) is 3.79. The maximum absolute atomic E-state index is 13.2. The molecule has 1 atom stereocenters. The lowest BCUT2D eigenvalue weighted by Crippen LogP contribution is -2.29. The molecule has 4 rings (SSSR count). The average Bonchev–Trinajstić information content (AvgIpc) is 3.40. The smallest absolute Gasteiger partial charge is 0.300 e. The first kappa shape index (κ1) is 22.4. The van der Waals surface area contributed by atoms with Crippen molar-refractivity contribution < 1.29 is 24.2 Å². The van der Waals surface area contributed by atoms with Crippen LogP contribution in [0.15, 0.2) is 64.0 Å². The minimum absolute atomic E-state index is 0.0416. The summed E-state index contributed by atoms with van der Waals surface area (Å²) in [5.74, 6) is -1.36. The van der Waals surface area contributed by atoms with Gasteiger partial charge in [0.15, 0.2) is 0 Å². The van der Waals surface area contributed by atoms with Crippen molar-refractivity contribution in [3.05, 3.63) is 79.4 Å². The van der Waals surface area contributed by atoms with Crippen LogP contribution in [-0.4, -0.2) is 31.0 Å². The predicted molar refractivity (Wildman–Crippen MR) is 128 cm³/mol. The summed E-state index contributed by atoms with van der Waals surface area (Å²) in [6.45, 7) is 0. The van der Waals surface area contributed by atoms with Crippen molar-refractivity contribution in [1.82, 2.24) is 0 Å². The molecule has 1 aromatic heterocycles. The highest BCUT2D eigenvalue weighted by atomic mass is 79.9. The molecule has 2 aromatic carbocycles.